The van der Waals surface area contributed by atoms with E-state index in [4.69, 9.17) is 10.2 Å². The van der Waals surface area contributed by atoms with E-state index in [0.29, 0.717) is 19.6 Å². The lowest BCUT2D eigenvalue weighted by atomic mass is 10.1. The Labute approximate surface area is 122 Å². The van der Waals surface area contributed by atoms with Crippen LogP contribution in [0, 0.1) is 0 Å². The Kier molecular flexibility index (Phi) is 19.0. The average molecular weight is 289 g/mol. The third kappa shape index (κ3) is 25.7. The van der Waals surface area contributed by atoms with E-state index in [9.17, 15) is 9.59 Å². The zero-order chi connectivity index (χ0) is 15.6. The van der Waals surface area contributed by atoms with E-state index in [1.807, 2.05) is 0 Å². The number of carboxylic acid groups (broad SMARTS) is 1. The molecule has 0 aromatic rings. The van der Waals surface area contributed by atoms with Gasteiger partial charge in [-0.15, -0.1) is 0 Å². The highest BCUT2D eigenvalue weighted by atomic mass is 16.4. The lowest BCUT2D eigenvalue weighted by Gasteiger charge is -1.98. The summed E-state index contributed by atoms with van der Waals surface area (Å²) in [6.07, 6.45) is 9.02. The fourth-order valence-electron chi connectivity index (χ4n) is 1.56. The topological polar surface area (TPSA) is 86.6 Å². The molecule has 0 aromatic heterocycles. The van der Waals surface area contributed by atoms with Gasteiger partial charge >= 0.3 is 5.97 Å². The van der Waals surface area contributed by atoms with Gasteiger partial charge in [-0.05, 0) is 19.3 Å². The van der Waals surface area contributed by atoms with E-state index in [0.717, 1.165) is 12.8 Å². The smallest absolute Gasteiger partial charge is 0.303 e. The number of carboxylic acids is 1. The number of carbonyl (C=O) groups is 2. The highest BCUT2D eigenvalue weighted by molar-refractivity contribution is 5.72. The van der Waals surface area contributed by atoms with Crippen molar-refractivity contribution in [1.82, 2.24) is 5.32 Å². The minimum absolute atomic E-state index is 0.0691. The Morgan fingerprint density at radius 3 is 2.05 bits per heavy atom. The number of aliphatic hydroxyl groups excluding tert-OH is 1. The van der Waals surface area contributed by atoms with Gasteiger partial charge in [0.15, 0.2) is 0 Å². The lowest BCUT2D eigenvalue weighted by Crippen LogP contribution is -2.20. The second-order valence-corrected chi connectivity index (χ2v) is 4.83. The molecular formula is C15H31NO4. The summed E-state index contributed by atoms with van der Waals surface area (Å²) in [6.45, 7) is 4.60. The van der Waals surface area contributed by atoms with Gasteiger partial charge in [0, 0.05) is 26.5 Å². The first-order valence-corrected chi connectivity index (χ1v) is 7.61. The summed E-state index contributed by atoms with van der Waals surface area (Å²) in [4.78, 5) is 20.3. The van der Waals surface area contributed by atoms with Crippen LogP contribution in [0.4, 0.5) is 0 Å². The molecule has 0 radical (unpaired) electrons. The van der Waals surface area contributed by atoms with Gasteiger partial charge in [0.1, 0.15) is 0 Å². The van der Waals surface area contributed by atoms with Gasteiger partial charge in [-0.3, -0.25) is 9.59 Å². The van der Waals surface area contributed by atoms with E-state index in [1.165, 1.54) is 39.0 Å². The molecule has 0 saturated heterocycles. The second kappa shape index (κ2) is 17.9. The fourth-order valence-corrected chi connectivity index (χ4v) is 1.56. The first-order chi connectivity index (χ1) is 9.54. The van der Waals surface area contributed by atoms with Crippen molar-refractivity contribution in [3.63, 3.8) is 0 Å². The standard InChI is InChI=1S/C8H18O.C7H13NO3/c1-2-3-4-5-6-7-8-9;1-6(9)8-5-3-2-4-7(10)11/h9H,2-8H2,1H3;2-5H2,1H3,(H,8,9)(H,10,11). The van der Waals surface area contributed by atoms with Crippen molar-refractivity contribution in [3.05, 3.63) is 0 Å². The second-order valence-electron chi connectivity index (χ2n) is 4.83. The highest BCUT2D eigenvalue weighted by Gasteiger charge is 1.96. The van der Waals surface area contributed by atoms with E-state index in [2.05, 4.69) is 12.2 Å². The van der Waals surface area contributed by atoms with Gasteiger partial charge in [-0.1, -0.05) is 39.0 Å². The summed E-state index contributed by atoms with van der Waals surface area (Å²) in [5.41, 5.74) is 0. The molecule has 0 unspecified atom stereocenters. The molecule has 0 atom stereocenters. The summed E-state index contributed by atoms with van der Waals surface area (Å²) in [7, 11) is 0. The Bertz CT molecular complexity index is 210. The molecule has 0 aliphatic rings. The molecule has 0 spiro atoms. The van der Waals surface area contributed by atoms with Gasteiger partial charge in [0.05, 0.1) is 0 Å². The number of unbranched alkanes of at least 4 members (excludes halogenated alkanes) is 6. The molecule has 0 aromatic carbocycles. The van der Waals surface area contributed by atoms with Crippen molar-refractivity contribution in [3.8, 4) is 0 Å². The van der Waals surface area contributed by atoms with Gasteiger partial charge in [0.25, 0.3) is 0 Å². The molecule has 0 bridgehead atoms. The summed E-state index contributed by atoms with van der Waals surface area (Å²) in [5.74, 6) is -0.854. The molecule has 1 amide bonds. The largest absolute Gasteiger partial charge is 0.481 e. The number of amides is 1. The normalized spacial score (nSPS) is 9.55. The molecule has 120 valence electrons. The Morgan fingerprint density at radius 2 is 1.55 bits per heavy atom. The number of aliphatic carboxylic acids is 1. The van der Waals surface area contributed by atoms with Crippen molar-refractivity contribution >= 4 is 11.9 Å². The average Bonchev–Trinajstić information content (AvgIpc) is 2.38. The molecule has 0 aliphatic heterocycles. The minimum Gasteiger partial charge on any atom is -0.481 e. The summed E-state index contributed by atoms with van der Waals surface area (Å²) in [6, 6.07) is 0. The maximum Gasteiger partial charge on any atom is 0.303 e. The molecule has 0 saturated carbocycles. The Balaban J connectivity index is 0. The number of nitrogens with one attached hydrogen (secondary N) is 1. The van der Waals surface area contributed by atoms with Crippen LogP contribution in [0.25, 0.3) is 0 Å². The Morgan fingerprint density at radius 1 is 0.950 bits per heavy atom. The molecule has 0 rings (SSSR count). The summed E-state index contributed by atoms with van der Waals surface area (Å²) >= 11 is 0. The third-order valence-corrected chi connectivity index (χ3v) is 2.70. The van der Waals surface area contributed by atoms with Crippen molar-refractivity contribution in [2.45, 2.75) is 71.6 Å². The van der Waals surface area contributed by atoms with Crippen LogP contribution in [0.2, 0.25) is 0 Å². The lowest BCUT2D eigenvalue weighted by molar-refractivity contribution is -0.137. The number of hydrogen-bond acceptors (Lipinski definition) is 3. The zero-order valence-corrected chi connectivity index (χ0v) is 13.0. The molecule has 20 heavy (non-hydrogen) atoms. The van der Waals surface area contributed by atoms with Gasteiger partial charge in [-0.2, -0.15) is 0 Å². The summed E-state index contributed by atoms with van der Waals surface area (Å²) in [5, 5.41) is 19.2. The number of hydrogen-bond donors (Lipinski definition) is 3. The van der Waals surface area contributed by atoms with Crippen LogP contribution >= 0.6 is 0 Å². The van der Waals surface area contributed by atoms with Crippen molar-refractivity contribution in [2.24, 2.45) is 0 Å². The maximum absolute atomic E-state index is 10.3. The Hall–Kier alpha value is -1.10. The van der Waals surface area contributed by atoms with E-state index in [1.54, 1.807) is 0 Å². The van der Waals surface area contributed by atoms with Crippen LogP contribution in [0.1, 0.15) is 71.6 Å². The quantitative estimate of drug-likeness (QED) is 0.510. The minimum atomic E-state index is -0.784. The first kappa shape index (κ1) is 21.2. The number of carbonyl (C=O) groups excluding carboxylic acids is 1. The third-order valence-electron chi connectivity index (χ3n) is 2.70. The van der Waals surface area contributed by atoms with Crippen LogP contribution in [0.3, 0.4) is 0 Å². The van der Waals surface area contributed by atoms with Crippen molar-refractivity contribution < 1.29 is 19.8 Å². The maximum atomic E-state index is 10.3. The summed E-state index contributed by atoms with van der Waals surface area (Å²) < 4.78 is 0. The molecule has 0 fully saturated rings. The molecule has 0 heterocycles. The monoisotopic (exact) mass is 289 g/mol. The van der Waals surface area contributed by atoms with Crippen LogP contribution < -0.4 is 5.32 Å². The molecule has 5 heteroatoms. The molecule has 5 nitrogen and oxygen atoms in total. The fraction of sp³-hybridized carbons (Fsp3) is 0.867. The predicted molar refractivity (Wildman–Crippen MR) is 80.6 cm³/mol. The molecule has 0 aliphatic carbocycles. The zero-order valence-electron chi connectivity index (χ0n) is 13.0. The number of aliphatic hydroxyl groups is 1. The van der Waals surface area contributed by atoms with E-state index < -0.39 is 5.97 Å². The van der Waals surface area contributed by atoms with Gasteiger partial charge in [0.2, 0.25) is 5.91 Å². The van der Waals surface area contributed by atoms with Crippen LogP contribution in [0.5, 0.6) is 0 Å². The molecule has 3 N–H and O–H groups in total. The van der Waals surface area contributed by atoms with Gasteiger partial charge in [-0.25, -0.2) is 0 Å². The molecular weight excluding hydrogens is 258 g/mol. The number of rotatable bonds is 11. The SMILES string of the molecule is CC(=O)NCCCCC(=O)O.CCCCCCCCO. The van der Waals surface area contributed by atoms with Crippen LogP contribution in [-0.4, -0.2) is 35.2 Å². The van der Waals surface area contributed by atoms with Gasteiger partial charge < -0.3 is 15.5 Å². The van der Waals surface area contributed by atoms with Crippen LogP contribution in [-0.2, 0) is 9.59 Å². The predicted octanol–water partition coefficient (Wildman–Crippen LogP) is 2.72. The highest BCUT2D eigenvalue weighted by Crippen LogP contribution is 2.03. The first-order valence-electron chi connectivity index (χ1n) is 7.61. The van der Waals surface area contributed by atoms with E-state index >= 15 is 0 Å². The van der Waals surface area contributed by atoms with Crippen LogP contribution in [0.15, 0.2) is 0 Å². The van der Waals surface area contributed by atoms with Crippen molar-refractivity contribution in [1.29, 1.82) is 0 Å². The van der Waals surface area contributed by atoms with Crippen molar-refractivity contribution in [2.75, 3.05) is 13.2 Å². The van der Waals surface area contributed by atoms with E-state index in [-0.39, 0.29) is 12.3 Å².